The number of amides is 1. The van der Waals surface area contributed by atoms with E-state index in [1.54, 1.807) is 23.0 Å². The summed E-state index contributed by atoms with van der Waals surface area (Å²) < 4.78 is 2.89. The third-order valence-corrected chi connectivity index (χ3v) is 5.53. The van der Waals surface area contributed by atoms with Crippen LogP contribution in [0, 0.1) is 0 Å². The second-order valence-corrected chi connectivity index (χ2v) is 7.13. The maximum atomic E-state index is 12.5. The highest BCUT2D eigenvalue weighted by Gasteiger charge is 2.17. The van der Waals surface area contributed by atoms with Crippen molar-refractivity contribution in [3.05, 3.63) is 70.1 Å². The summed E-state index contributed by atoms with van der Waals surface area (Å²) in [5.74, 6) is -0.0842. The Kier molecular flexibility index (Phi) is 4.10. The highest BCUT2D eigenvalue weighted by atomic mass is 32.1. The number of carbonyl (C=O) groups is 1. The lowest BCUT2D eigenvalue weighted by molar-refractivity contribution is 0.0949. The van der Waals surface area contributed by atoms with Gasteiger partial charge in [-0.05, 0) is 35.7 Å². The molecule has 1 atom stereocenters. The van der Waals surface area contributed by atoms with Gasteiger partial charge in [0.25, 0.3) is 5.91 Å². The molecule has 7 heteroatoms. The number of rotatable bonds is 5. The maximum absolute atomic E-state index is 12.5. The van der Waals surface area contributed by atoms with Crippen molar-refractivity contribution in [2.75, 3.05) is 6.54 Å². The predicted octanol–water partition coefficient (Wildman–Crippen LogP) is 3.57. The lowest BCUT2D eigenvalue weighted by Crippen LogP contribution is -2.31. The van der Waals surface area contributed by atoms with E-state index in [1.165, 1.54) is 11.3 Å². The van der Waals surface area contributed by atoms with Crippen LogP contribution in [0.15, 0.2) is 59.7 Å². The highest BCUT2D eigenvalue weighted by Crippen LogP contribution is 2.22. The first-order chi connectivity index (χ1) is 11.8. The molecule has 0 saturated heterocycles. The molecular formula is C17H14N4OS2. The largest absolute Gasteiger partial charge is 0.350 e. The van der Waals surface area contributed by atoms with Crippen molar-refractivity contribution in [3.8, 4) is 0 Å². The lowest BCUT2D eigenvalue weighted by atomic mass is 10.2. The second-order valence-electron chi connectivity index (χ2n) is 5.26. The number of hydrogen-bond donors (Lipinski definition) is 1. The number of fused-ring (bicyclic) bond motifs is 1. The van der Waals surface area contributed by atoms with E-state index < -0.39 is 0 Å². The van der Waals surface area contributed by atoms with Crippen molar-refractivity contribution in [1.82, 2.24) is 20.1 Å². The molecule has 3 aromatic heterocycles. The number of nitrogens with one attached hydrogen (secondary N) is 1. The summed E-state index contributed by atoms with van der Waals surface area (Å²) in [6.45, 7) is 0.488. The van der Waals surface area contributed by atoms with Gasteiger partial charge in [-0.1, -0.05) is 6.07 Å². The fraction of sp³-hybridized carbons (Fsp3) is 0.118. The minimum Gasteiger partial charge on any atom is -0.350 e. The van der Waals surface area contributed by atoms with Crippen LogP contribution >= 0.6 is 22.7 Å². The Bertz CT molecular complexity index is 910. The zero-order chi connectivity index (χ0) is 16.4. The molecule has 0 saturated carbocycles. The number of hydrogen-bond acceptors (Lipinski definition) is 5. The van der Waals surface area contributed by atoms with Crippen molar-refractivity contribution in [2.45, 2.75) is 6.04 Å². The van der Waals surface area contributed by atoms with Crippen LogP contribution in [0.1, 0.15) is 21.3 Å². The summed E-state index contributed by atoms with van der Waals surface area (Å²) in [7, 11) is 0. The number of nitrogens with zero attached hydrogens (tertiary/aromatic N) is 3. The molecule has 1 N–H and O–H groups in total. The van der Waals surface area contributed by atoms with Crippen molar-refractivity contribution in [3.63, 3.8) is 0 Å². The molecule has 0 radical (unpaired) electrons. The van der Waals surface area contributed by atoms with Crippen LogP contribution in [0.25, 0.3) is 10.2 Å². The van der Waals surface area contributed by atoms with Crippen molar-refractivity contribution >= 4 is 38.8 Å². The molecule has 1 amide bonds. The summed E-state index contributed by atoms with van der Waals surface area (Å²) in [6.07, 6.45) is 3.67. The quantitative estimate of drug-likeness (QED) is 0.596. The third kappa shape index (κ3) is 2.95. The van der Waals surface area contributed by atoms with Crippen LogP contribution in [0.5, 0.6) is 0 Å². The minimum atomic E-state index is -0.0842. The van der Waals surface area contributed by atoms with Gasteiger partial charge in [-0.15, -0.1) is 22.7 Å². The lowest BCUT2D eigenvalue weighted by Gasteiger charge is -2.17. The van der Waals surface area contributed by atoms with E-state index in [9.17, 15) is 4.79 Å². The molecule has 0 aliphatic rings. The molecule has 4 aromatic rings. The van der Waals surface area contributed by atoms with Gasteiger partial charge in [0.15, 0.2) is 0 Å². The van der Waals surface area contributed by atoms with Gasteiger partial charge >= 0.3 is 0 Å². The molecule has 4 rings (SSSR count). The minimum absolute atomic E-state index is 0.00362. The number of thiophene rings is 1. The summed E-state index contributed by atoms with van der Waals surface area (Å²) in [4.78, 5) is 17.9. The summed E-state index contributed by atoms with van der Waals surface area (Å²) in [6, 6.07) is 11.5. The highest BCUT2D eigenvalue weighted by molar-refractivity contribution is 7.16. The van der Waals surface area contributed by atoms with Gasteiger partial charge in [-0.25, -0.2) is 4.98 Å². The molecule has 0 aliphatic heterocycles. The smallest absolute Gasteiger partial charge is 0.251 e. The number of thiazole rings is 1. The van der Waals surface area contributed by atoms with E-state index in [4.69, 9.17) is 0 Å². The predicted molar refractivity (Wildman–Crippen MR) is 96.6 cm³/mol. The Morgan fingerprint density at radius 2 is 2.21 bits per heavy atom. The van der Waals surface area contributed by atoms with Crippen LogP contribution < -0.4 is 5.32 Å². The summed E-state index contributed by atoms with van der Waals surface area (Å²) in [5, 5.41) is 9.38. The Balaban J connectivity index is 1.52. The number of aromatic nitrogens is 3. The van der Waals surface area contributed by atoms with Gasteiger partial charge in [-0.3, -0.25) is 9.48 Å². The van der Waals surface area contributed by atoms with Gasteiger partial charge in [0.05, 0.1) is 15.7 Å². The fourth-order valence-electron chi connectivity index (χ4n) is 2.56. The number of carbonyl (C=O) groups excluding carboxylic acids is 1. The van der Waals surface area contributed by atoms with E-state index in [-0.39, 0.29) is 11.9 Å². The zero-order valence-electron chi connectivity index (χ0n) is 12.6. The van der Waals surface area contributed by atoms with Crippen molar-refractivity contribution in [1.29, 1.82) is 0 Å². The summed E-state index contributed by atoms with van der Waals surface area (Å²) >= 11 is 3.20. The molecule has 1 aromatic carbocycles. The van der Waals surface area contributed by atoms with Crippen molar-refractivity contribution in [2.24, 2.45) is 0 Å². The van der Waals surface area contributed by atoms with E-state index >= 15 is 0 Å². The van der Waals surface area contributed by atoms with Gasteiger partial charge < -0.3 is 5.32 Å². The standard InChI is InChI=1S/C17H14N4OS2/c22-17(12-4-5-13-16(9-12)24-11-19-13)18-10-14(15-3-1-8-23-15)21-7-2-6-20-21/h1-9,11,14H,10H2,(H,18,22). The van der Waals surface area contributed by atoms with Crippen LogP contribution in [-0.4, -0.2) is 27.2 Å². The first-order valence-electron chi connectivity index (χ1n) is 7.45. The Morgan fingerprint density at radius 1 is 1.25 bits per heavy atom. The van der Waals surface area contributed by atoms with E-state index in [0.29, 0.717) is 12.1 Å². The van der Waals surface area contributed by atoms with Gasteiger partial charge in [0, 0.05) is 29.4 Å². The molecule has 0 spiro atoms. The zero-order valence-corrected chi connectivity index (χ0v) is 14.3. The fourth-order valence-corrected chi connectivity index (χ4v) is 4.09. The molecule has 120 valence electrons. The second kappa shape index (κ2) is 6.54. The molecule has 3 heterocycles. The van der Waals surface area contributed by atoms with Crippen LogP contribution in [0.2, 0.25) is 0 Å². The Morgan fingerprint density at radius 3 is 3.00 bits per heavy atom. The Labute approximate surface area is 146 Å². The van der Waals surface area contributed by atoms with Crippen LogP contribution in [0.4, 0.5) is 0 Å². The molecule has 0 fully saturated rings. The van der Waals surface area contributed by atoms with E-state index in [2.05, 4.69) is 21.5 Å². The SMILES string of the molecule is O=C(NCC(c1cccs1)n1cccn1)c1ccc2ncsc2c1. The molecule has 5 nitrogen and oxygen atoms in total. The average molecular weight is 354 g/mol. The molecule has 1 unspecified atom stereocenters. The van der Waals surface area contributed by atoms with E-state index in [0.717, 1.165) is 15.1 Å². The first kappa shape index (κ1) is 15.0. The summed E-state index contributed by atoms with van der Waals surface area (Å²) in [5.41, 5.74) is 3.36. The van der Waals surface area contributed by atoms with Gasteiger partial charge in [0.2, 0.25) is 0 Å². The van der Waals surface area contributed by atoms with Gasteiger partial charge in [-0.2, -0.15) is 5.10 Å². The van der Waals surface area contributed by atoms with Crippen LogP contribution in [0.3, 0.4) is 0 Å². The van der Waals surface area contributed by atoms with Gasteiger partial charge in [0.1, 0.15) is 6.04 Å². The molecular weight excluding hydrogens is 340 g/mol. The maximum Gasteiger partial charge on any atom is 0.251 e. The molecule has 0 aliphatic carbocycles. The first-order valence-corrected chi connectivity index (χ1v) is 9.21. The molecule has 0 bridgehead atoms. The average Bonchev–Trinajstić information content (AvgIpc) is 3.36. The Hall–Kier alpha value is -2.51. The number of benzene rings is 1. The van der Waals surface area contributed by atoms with Crippen LogP contribution in [-0.2, 0) is 0 Å². The third-order valence-electron chi connectivity index (χ3n) is 3.77. The molecule has 24 heavy (non-hydrogen) atoms. The topological polar surface area (TPSA) is 59.8 Å². The normalized spacial score (nSPS) is 12.3. The monoisotopic (exact) mass is 354 g/mol. The van der Waals surface area contributed by atoms with Crippen molar-refractivity contribution < 1.29 is 4.79 Å². The van der Waals surface area contributed by atoms with E-state index in [1.807, 2.05) is 46.6 Å².